The largest absolute Gasteiger partial charge is 0.473 e. The Morgan fingerprint density at radius 1 is 0.793 bits per heavy atom. The monoisotopic (exact) mass is 808 g/mol. The number of anilines is 1. The number of nitrogens with zero attached hydrogens (tertiary/aromatic N) is 5. The van der Waals surface area contributed by atoms with Crippen molar-refractivity contribution in [3.63, 3.8) is 0 Å². The molecular formula is C38H35F3N6O11. The molecule has 2 aromatic carbocycles. The van der Waals surface area contributed by atoms with Crippen LogP contribution in [0.3, 0.4) is 0 Å². The fourth-order valence-electron chi connectivity index (χ4n) is 5.43. The number of halogens is 3. The van der Waals surface area contributed by atoms with Crippen LogP contribution in [-0.4, -0.2) is 107 Å². The Balaban J connectivity index is 0.000000542. The van der Waals surface area contributed by atoms with Crippen LogP contribution in [0.25, 0.3) is 10.9 Å². The van der Waals surface area contributed by atoms with E-state index in [4.69, 9.17) is 44.3 Å². The lowest BCUT2D eigenvalue weighted by Crippen LogP contribution is -2.48. The third-order valence-corrected chi connectivity index (χ3v) is 8.40. The lowest BCUT2D eigenvalue weighted by molar-refractivity contribution is -0.159. The quantitative estimate of drug-likeness (QED) is 0.141. The van der Waals surface area contributed by atoms with Crippen molar-refractivity contribution < 1.29 is 67.1 Å². The van der Waals surface area contributed by atoms with Gasteiger partial charge in [0.1, 0.15) is 11.4 Å². The molecule has 5 N–H and O–H groups in total. The summed E-state index contributed by atoms with van der Waals surface area (Å²) in [6.07, 6.45) is -1.26. The number of carboxylic acids is 4. The fraction of sp³-hybridized carbons (Fsp3) is 0.211. The number of carboxylic acid groups (broad SMARTS) is 4. The van der Waals surface area contributed by atoms with Gasteiger partial charge in [-0.2, -0.15) is 13.2 Å². The Morgan fingerprint density at radius 2 is 1.41 bits per heavy atom. The summed E-state index contributed by atoms with van der Waals surface area (Å²) in [4.78, 5) is 75.4. The first-order chi connectivity index (χ1) is 27.3. The highest BCUT2D eigenvalue weighted by molar-refractivity contribution is 6.27. The van der Waals surface area contributed by atoms with Crippen molar-refractivity contribution in [1.82, 2.24) is 24.3 Å². The van der Waals surface area contributed by atoms with Gasteiger partial charge in [0.25, 0.3) is 11.8 Å². The van der Waals surface area contributed by atoms with Gasteiger partial charge in [-0.05, 0) is 73.2 Å². The third kappa shape index (κ3) is 11.8. The van der Waals surface area contributed by atoms with E-state index in [9.17, 15) is 22.8 Å². The zero-order valence-corrected chi connectivity index (χ0v) is 30.6. The van der Waals surface area contributed by atoms with Crippen molar-refractivity contribution in [1.29, 1.82) is 0 Å². The second kappa shape index (κ2) is 19.0. The summed E-state index contributed by atoms with van der Waals surface area (Å²) in [6.45, 7) is 5.32. The van der Waals surface area contributed by atoms with E-state index in [1.165, 1.54) is 6.20 Å². The normalized spacial score (nSPS) is 12.6. The van der Waals surface area contributed by atoms with Crippen molar-refractivity contribution in [3.8, 4) is 11.6 Å². The number of hydrogen-bond acceptors (Lipinski definition) is 10. The molecule has 1 saturated heterocycles. The van der Waals surface area contributed by atoms with Gasteiger partial charge in [0.2, 0.25) is 5.88 Å². The number of aromatic nitrogens is 3. The molecule has 6 rings (SSSR count). The highest BCUT2D eigenvalue weighted by Gasteiger charge is 2.30. The molecule has 0 unspecified atom stereocenters. The molecule has 0 bridgehead atoms. The minimum atomic E-state index is -4.48. The number of nitrogens with one attached hydrogen (secondary N) is 1. The second-order valence-electron chi connectivity index (χ2n) is 12.4. The standard InChI is InChI=1S/C34H31F3N6O3.2C2H2O4/c1-22-17-31(39-20-28(22)40-32(44)23-6-8-25(9-7-23)34(35,36)37)46-27-10-11-29-24(18-27)19-30(41(29)2)33(45)43-15-13-42(14-16-43)21-26-5-3-4-12-38-26;2*3-1(4)2(5)6/h3-12,17-20H,13-16,21H2,1-2H3,(H,40,44);2*(H,3,4)(H,5,6). The van der Waals surface area contributed by atoms with Crippen LogP contribution < -0.4 is 10.1 Å². The van der Waals surface area contributed by atoms with Gasteiger partial charge in [-0.15, -0.1) is 0 Å². The zero-order valence-electron chi connectivity index (χ0n) is 30.6. The molecule has 0 saturated carbocycles. The lowest BCUT2D eigenvalue weighted by Gasteiger charge is -2.34. The van der Waals surface area contributed by atoms with Gasteiger partial charge in [-0.1, -0.05) is 6.07 Å². The van der Waals surface area contributed by atoms with Crippen LogP contribution in [0.4, 0.5) is 18.9 Å². The van der Waals surface area contributed by atoms with Crippen LogP contribution in [-0.2, 0) is 38.9 Å². The van der Waals surface area contributed by atoms with Crippen LogP contribution in [0.2, 0.25) is 0 Å². The maximum Gasteiger partial charge on any atom is 0.416 e. The number of hydrogen-bond donors (Lipinski definition) is 5. The predicted octanol–water partition coefficient (Wildman–Crippen LogP) is 4.61. The minimum absolute atomic E-state index is 0.0233. The molecule has 3 aromatic heterocycles. The molecule has 304 valence electrons. The van der Waals surface area contributed by atoms with Crippen LogP contribution in [0.1, 0.15) is 37.7 Å². The maximum absolute atomic E-state index is 13.5. The number of benzene rings is 2. The van der Waals surface area contributed by atoms with Gasteiger partial charge >= 0.3 is 30.1 Å². The molecule has 0 spiro atoms. The van der Waals surface area contributed by atoms with Gasteiger partial charge < -0.3 is 39.9 Å². The van der Waals surface area contributed by atoms with E-state index in [2.05, 4.69) is 20.2 Å². The summed E-state index contributed by atoms with van der Waals surface area (Å²) in [5.74, 6) is -7.06. The number of carbonyl (C=O) groups excluding carboxylic acids is 2. The summed E-state index contributed by atoms with van der Waals surface area (Å²) < 4.78 is 46.4. The molecule has 58 heavy (non-hydrogen) atoms. The number of fused-ring (bicyclic) bond motifs is 1. The highest BCUT2D eigenvalue weighted by atomic mass is 19.4. The number of rotatable bonds is 7. The van der Waals surface area contributed by atoms with Crippen molar-refractivity contribution in [3.05, 3.63) is 113 Å². The number of piperazine rings is 1. The number of carbonyl (C=O) groups is 6. The molecule has 0 aliphatic carbocycles. The molecule has 0 atom stereocenters. The maximum atomic E-state index is 13.5. The molecule has 2 amide bonds. The number of alkyl halides is 3. The molecule has 17 nitrogen and oxygen atoms in total. The smallest absolute Gasteiger partial charge is 0.416 e. The van der Waals surface area contributed by atoms with E-state index >= 15 is 0 Å². The van der Waals surface area contributed by atoms with E-state index in [-0.39, 0.29) is 11.5 Å². The number of ether oxygens (including phenoxy) is 1. The Bertz CT molecular complexity index is 2260. The number of aliphatic carboxylic acids is 4. The molecule has 1 aliphatic heterocycles. The Labute approximate surface area is 326 Å². The Morgan fingerprint density at radius 3 is 1.95 bits per heavy atom. The van der Waals surface area contributed by atoms with Crippen molar-refractivity contribution in [2.75, 3.05) is 31.5 Å². The van der Waals surface area contributed by atoms with E-state index in [0.717, 1.165) is 60.5 Å². The fourth-order valence-corrected chi connectivity index (χ4v) is 5.43. The number of aryl methyl sites for hydroxylation is 2. The zero-order chi connectivity index (χ0) is 42.7. The predicted molar refractivity (Wildman–Crippen MR) is 197 cm³/mol. The topological polar surface area (TPSA) is 242 Å². The van der Waals surface area contributed by atoms with Crippen molar-refractivity contribution >= 4 is 52.3 Å². The van der Waals surface area contributed by atoms with Gasteiger partial charge in [-0.3, -0.25) is 19.5 Å². The van der Waals surface area contributed by atoms with E-state index in [0.29, 0.717) is 41.7 Å². The van der Waals surface area contributed by atoms with Crippen LogP contribution >= 0.6 is 0 Å². The summed E-state index contributed by atoms with van der Waals surface area (Å²) in [6, 6.07) is 18.9. The van der Waals surface area contributed by atoms with Crippen LogP contribution in [0.5, 0.6) is 11.6 Å². The van der Waals surface area contributed by atoms with E-state index < -0.39 is 41.5 Å². The molecule has 5 aromatic rings. The van der Waals surface area contributed by atoms with Gasteiger partial charge in [0, 0.05) is 68.5 Å². The molecular weight excluding hydrogens is 773 g/mol. The van der Waals surface area contributed by atoms with Crippen molar-refractivity contribution in [2.24, 2.45) is 7.05 Å². The minimum Gasteiger partial charge on any atom is -0.473 e. The van der Waals surface area contributed by atoms with Gasteiger partial charge in [0.15, 0.2) is 0 Å². The van der Waals surface area contributed by atoms with Crippen LogP contribution in [0, 0.1) is 6.92 Å². The highest BCUT2D eigenvalue weighted by Crippen LogP contribution is 2.31. The lowest BCUT2D eigenvalue weighted by atomic mass is 10.1. The number of pyridine rings is 2. The second-order valence-corrected chi connectivity index (χ2v) is 12.4. The van der Waals surface area contributed by atoms with E-state index in [1.807, 2.05) is 52.9 Å². The SMILES string of the molecule is Cc1cc(Oc2ccc3c(c2)cc(C(=O)N2CCN(Cc4ccccn4)CC2)n3C)ncc1NC(=O)c1ccc(C(F)(F)F)cc1.O=C(O)C(=O)O.O=C(O)C(=O)O. The Kier molecular flexibility index (Phi) is 14.2. The first kappa shape index (κ1) is 43.4. The molecule has 20 heteroatoms. The van der Waals surface area contributed by atoms with Gasteiger partial charge in [0.05, 0.1) is 23.1 Å². The van der Waals surface area contributed by atoms with Crippen LogP contribution in [0.15, 0.2) is 85.2 Å². The average molecular weight is 809 g/mol. The van der Waals surface area contributed by atoms with Crippen molar-refractivity contribution in [2.45, 2.75) is 19.6 Å². The van der Waals surface area contributed by atoms with E-state index in [1.54, 1.807) is 25.3 Å². The average Bonchev–Trinajstić information content (AvgIpc) is 3.51. The molecule has 1 fully saturated rings. The summed E-state index contributed by atoms with van der Waals surface area (Å²) in [5.41, 5.74) is 2.80. The summed E-state index contributed by atoms with van der Waals surface area (Å²) in [5, 5.41) is 33.1. The molecule has 0 radical (unpaired) electrons. The molecule has 1 aliphatic rings. The first-order valence-electron chi connectivity index (χ1n) is 16.9. The molecule has 4 heterocycles. The summed E-state index contributed by atoms with van der Waals surface area (Å²) in [7, 11) is 1.87. The van der Waals surface area contributed by atoms with Gasteiger partial charge in [-0.25, -0.2) is 24.2 Å². The Hall–Kier alpha value is -7.35. The third-order valence-electron chi connectivity index (χ3n) is 8.40. The summed E-state index contributed by atoms with van der Waals surface area (Å²) >= 11 is 0. The number of amides is 2. The first-order valence-corrected chi connectivity index (χ1v) is 16.9.